The number of hydrogen-bond acceptors (Lipinski definition) is 6. The fourth-order valence-electron chi connectivity index (χ4n) is 3.39. The van der Waals surface area contributed by atoms with Crippen molar-refractivity contribution in [2.24, 2.45) is 11.8 Å². The van der Waals surface area contributed by atoms with Crippen molar-refractivity contribution in [3.05, 3.63) is 39.9 Å². The van der Waals surface area contributed by atoms with Crippen LogP contribution in [0.5, 0.6) is 0 Å². The first-order valence-electron chi connectivity index (χ1n) is 9.71. The van der Waals surface area contributed by atoms with E-state index in [-0.39, 0.29) is 23.2 Å². The zero-order valence-electron chi connectivity index (χ0n) is 16.8. The van der Waals surface area contributed by atoms with Gasteiger partial charge in [0.15, 0.2) is 6.10 Å². The molecule has 0 heterocycles. The van der Waals surface area contributed by atoms with Gasteiger partial charge in [-0.05, 0) is 31.2 Å². The van der Waals surface area contributed by atoms with E-state index >= 15 is 0 Å². The van der Waals surface area contributed by atoms with Crippen molar-refractivity contribution in [1.29, 1.82) is 0 Å². The third-order valence-electron chi connectivity index (χ3n) is 5.42. The topological polar surface area (TPSA) is 128 Å². The van der Waals surface area contributed by atoms with E-state index in [0.717, 1.165) is 25.3 Å². The van der Waals surface area contributed by atoms with Gasteiger partial charge in [-0.15, -0.1) is 0 Å². The van der Waals surface area contributed by atoms with E-state index < -0.39 is 29.4 Å². The van der Waals surface area contributed by atoms with Crippen LogP contribution >= 0.6 is 0 Å². The highest BCUT2D eigenvalue weighted by molar-refractivity contribution is 5.96. The molecule has 1 aromatic rings. The van der Waals surface area contributed by atoms with Crippen LogP contribution in [0.15, 0.2) is 24.3 Å². The lowest BCUT2D eigenvalue weighted by Gasteiger charge is -2.35. The Hall–Kier alpha value is -2.97. The summed E-state index contributed by atoms with van der Waals surface area (Å²) < 4.78 is 5.09. The van der Waals surface area contributed by atoms with Gasteiger partial charge in [0.05, 0.1) is 4.92 Å². The Balaban J connectivity index is 1.80. The summed E-state index contributed by atoms with van der Waals surface area (Å²) in [6, 6.07) is 5.21. The van der Waals surface area contributed by atoms with Crippen LogP contribution in [0.25, 0.3) is 0 Å². The molecule has 1 aliphatic carbocycles. The zero-order valence-corrected chi connectivity index (χ0v) is 16.8. The van der Waals surface area contributed by atoms with Gasteiger partial charge in [0, 0.05) is 23.7 Å². The number of nitro benzene ring substituents is 1. The molecule has 2 N–H and O–H groups in total. The number of nitrogens with zero attached hydrogens (tertiary/aromatic N) is 1. The van der Waals surface area contributed by atoms with Gasteiger partial charge in [-0.2, -0.15) is 0 Å². The minimum atomic E-state index is -0.985. The van der Waals surface area contributed by atoms with Crippen LogP contribution in [-0.4, -0.2) is 41.4 Å². The molecule has 2 rings (SSSR count). The molecule has 0 saturated heterocycles. The Bertz CT molecular complexity index is 781. The number of rotatable bonds is 7. The van der Waals surface area contributed by atoms with E-state index in [1.807, 2.05) is 0 Å². The third-order valence-corrected chi connectivity index (χ3v) is 5.42. The highest BCUT2D eigenvalue weighted by atomic mass is 16.6. The molecular weight excluding hydrogens is 378 g/mol. The van der Waals surface area contributed by atoms with Crippen molar-refractivity contribution in [1.82, 2.24) is 10.6 Å². The monoisotopic (exact) mass is 405 g/mol. The molecular formula is C20H27N3O6. The molecule has 158 valence electrons. The molecule has 1 aliphatic rings. The second kappa shape index (κ2) is 9.99. The Morgan fingerprint density at radius 3 is 2.69 bits per heavy atom. The summed E-state index contributed by atoms with van der Waals surface area (Å²) in [5.74, 6) is -0.903. The van der Waals surface area contributed by atoms with Gasteiger partial charge >= 0.3 is 5.97 Å². The summed E-state index contributed by atoms with van der Waals surface area (Å²) in [4.78, 5) is 46.5. The number of carbonyl (C=O) groups excluding carboxylic acids is 3. The van der Waals surface area contributed by atoms with Gasteiger partial charge in [-0.3, -0.25) is 24.5 Å². The maximum atomic E-state index is 12.3. The lowest BCUT2D eigenvalue weighted by molar-refractivity contribution is -0.384. The average Bonchev–Trinajstić information content (AvgIpc) is 2.69. The van der Waals surface area contributed by atoms with E-state index in [2.05, 4.69) is 24.5 Å². The Morgan fingerprint density at radius 1 is 1.28 bits per heavy atom. The number of benzene rings is 1. The number of carbonyl (C=O) groups is 3. The quantitative estimate of drug-likeness (QED) is 0.407. The molecule has 9 nitrogen and oxygen atoms in total. The minimum Gasteiger partial charge on any atom is -0.451 e. The van der Waals surface area contributed by atoms with Crippen LogP contribution < -0.4 is 10.6 Å². The van der Waals surface area contributed by atoms with E-state index in [9.17, 15) is 24.5 Å². The van der Waals surface area contributed by atoms with Crippen LogP contribution in [0.1, 0.15) is 50.4 Å². The second-order valence-corrected chi connectivity index (χ2v) is 7.50. The van der Waals surface area contributed by atoms with Crippen molar-refractivity contribution in [3.8, 4) is 0 Å². The summed E-state index contributed by atoms with van der Waals surface area (Å²) >= 11 is 0. The van der Waals surface area contributed by atoms with Gasteiger partial charge in [0.2, 0.25) is 0 Å². The van der Waals surface area contributed by atoms with E-state index in [1.165, 1.54) is 25.1 Å². The first-order chi connectivity index (χ1) is 13.7. The van der Waals surface area contributed by atoms with Crippen molar-refractivity contribution in [2.75, 3.05) is 6.54 Å². The van der Waals surface area contributed by atoms with Gasteiger partial charge in [0.25, 0.3) is 17.5 Å². The molecule has 0 radical (unpaired) electrons. The van der Waals surface area contributed by atoms with Crippen LogP contribution in [-0.2, 0) is 14.3 Å². The smallest absolute Gasteiger partial charge is 0.326 e. The summed E-state index contributed by atoms with van der Waals surface area (Å²) in [5, 5.41) is 16.0. The van der Waals surface area contributed by atoms with Crippen LogP contribution in [0.2, 0.25) is 0 Å². The van der Waals surface area contributed by atoms with E-state index in [0.29, 0.717) is 11.8 Å². The predicted octanol–water partition coefficient (Wildman–Crippen LogP) is 2.20. The first kappa shape index (κ1) is 22.3. The lowest BCUT2D eigenvalue weighted by Crippen LogP contribution is -2.48. The third kappa shape index (κ3) is 6.27. The van der Waals surface area contributed by atoms with Crippen LogP contribution in [0.4, 0.5) is 5.69 Å². The number of esters is 1. The molecule has 1 saturated carbocycles. The SMILES string of the molecule is C[C@@H]1[C@H](C)CCC[C@H]1NC(=O)[C@@H](C)OC(=O)CNC(=O)c1cccc([N+](=O)[O-])c1. The van der Waals surface area contributed by atoms with Gasteiger partial charge in [0.1, 0.15) is 6.54 Å². The molecule has 1 fully saturated rings. The summed E-state index contributed by atoms with van der Waals surface area (Å²) in [7, 11) is 0. The number of hydrogen-bond donors (Lipinski definition) is 2. The van der Waals surface area contributed by atoms with Crippen molar-refractivity contribution >= 4 is 23.5 Å². The zero-order chi connectivity index (χ0) is 21.6. The van der Waals surface area contributed by atoms with E-state index in [1.54, 1.807) is 0 Å². The van der Waals surface area contributed by atoms with Crippen LogP contribution in [0, 0.1) is 22.0 Å². The molecule has 0 aliphatic heterocycles. The highest BCUT2D eigenvalue weighted by Crippen LogP contribution is 2.29. The molecule has 0 spiro atoms. The van der Waals surface area contributed by atoms with Gasteiger partial charge < -0.3 is 15.4 Å². The van der Waals surface area contributed by atoms with Gasteiger partial charge in [-0.25, -0.2) is 0 Å². The maximum absolute atomic E-state index is 12.3. The average molecular weight is 405 g/mol. The Labute approximate surface area is 169 Å². The molecule has 29 heavy (non-hydrogen) atoms. The normalized spacial score (nSPS) is 22.2. The molecule has 0 bridgehead atoms. The Morgan fingerprint density at radius 2 is 2.00 bits per heavy atom. The molecule has 0 unspecified atom stereocenters. The minimum absolute atomic E-state index is 0.0539. The van der Waals surface area contributed by atoms with E-state index in [4.69, 9.17) is 4.74 Å². The number of ether oxygens (including phenoxy) is 1. The summed E-state index contributed by atoms with van der Waals surface area (Å²) in [5.41, 5.74) is -0.171. The number of non-ortho nitro benzene ring substituents is 1. The second-order valence-electron chi connectivity index (χ2n) is 7.50. The number of amides is 2. The largest absolute Gasteiger partial charge is 0.451 e. The molecule has 1 aromatic carbocycles. The first-order valence-corrected chi connectivity index (χ1v) is 9.71. The molecule has 2 amide bonds. The Kier molecular flexibility index (Phi) is 7.69. The van der Waals surface area contributed by atoms with Crippen molar-refractivity contribution < 1.29 is 24.0 Å². The van der Waals surface area contributed by atoms with Crippen molar-refractivity contribution in [2.45, 2.75) is 52.2 Å². The lowest BCUT2D eigenvalue weighted by atomic mass is 9.78. The molecule has 0 aromatic heterocycles. The van der Waals surface area contributed by atoms with Crippen molar-refractivity contribution in [3.63, 3.8) is 0 Å². The summed E-state index contributed by atoms with van der Waals surface area (Å²) in [6.07, 6.45) is 2.11. The fraction of sp³-hybridized carbons (Fsp3) is 0.550. The number of nitrogens with one attached hydrogen (secondary N) is 2. The van der Waals surface area contributed by atoms with Crippen LogP contribution in [0.3, 0.4) is 0 Å². The molecule has 4 atom stereocenters. The van der Waals surface area contributed by atoms with Gasteiger partial charge in [-0.1, -0.05) is 32.8 Å². The maximum Gasteiger partial charge on any atom is 0.326 e. The fourth-order valence-corrected chi connectivity index (χ4v) is 3.39. The highest BCUT2D eigenvalue weighted by Gasteiger charge is 2.30. The predicted molar refractivity (Wildman–Crippen MR) is 105 cm³/mol. The summed E-state index contributed by atoms with van der Waals surface area (Å²) in [6.45, 7) is 5.30. The standard InChI is InChI=1S/C20H27N3O6/c1-12-6-4-9-17(13(12)2)22-19(25)14(3)29-18(24)11-21-20(26)15-7-5-8-16(10-15)23(27)28/h5,7-8,10,12-14,17H,4,6,9,11H2,1-3H3,(H,21,26)(H,22,25)/t12-,13-,14-,17-/m1/s1. The molecule has 9 heteroatoms. The number of nitro groups is 1.